The largest absolute Gasteiger partial charge is 0.478 e. The third-order valence-electron chi connectivity index (χ3n) is 2.58. The molecule has 0 fully saturated rings. The summed E-state index contributed by atoms with van der Waals surface area (Å²) in [5, 5.41) is 8.55. The maximum Gasteiger partial charge on any atom is 0.390 e. The zero-order valence-electron chi connectivity index (χ0n) is 10.7. The topological polar surface area (TPSA) is 74.7 Å². The molecule has 0 saturated carbocycles. The van der Waals surface area contributed by atoms with E-state index in [0.29, 0.717) is 4.31 Å². The van der Waals surface area contributed by atoms with Gasteiger partial charge in [0.05, 0.1) is 17.0 Å². The Bertz CT molecular complexity index is 645. The van der Waals surface area contributed by atoms with Gasteiger partial charge in [-0.05, 0) is 18.2 Å². The molecule has 10 heteroatoms. The first kappa shape index (κ1) is 17.7. The number of halogens is 4. The highest BCUT2D eigenvalue weighted by Gasteiger charge is 2.31. The van der Waals surface area contributed by atoms with Gasteiger partial charge in [-0.2, -0.15) is 13.2 Å². The molecule has 1 aromatic carbocycles. The van der Waals surface area contributed by atoms with Crippen molar-refractivity contribution in [2.75, 3.05) is 13.6 Å². The number of rotatable bonds is 5. The maximum atomic E-state index is 12.1. The summed E-state index contributed by atoms with van der Waals surface area (Å²) in [7, 11) is -3.35. The second-order valence-electron chi connectivity index (χ2n) is 4.14. The summed E-state index contributed by atoms with van der Waals surface area (Å²) < 4.78 is 61.1. The van der Waals surface area contributed by atoms with Gasteiger partial charge in [0.1, 0.15) is 4.90 Å². The predicted octanol–water partition coefficient (Wildman–Crippen LogP) is 2.61. The van der Waals surface area contributed by atoms with E-state index in [1.54, 1.807) is 0 Å². The molecule has 0 unspecified atom stereocenters. The van der Waals surface area contributed by atoms with Crippen molar-refractivity contribution in [3.63, 3.8) is 0 Å². The highest BCUT2D eigenvalue weighted by atomic mass is 35.5. The van der Waals surface area contributed by atoms with Crippen LogP contribution in [0.5, 0.6) is 0 Å². The highest BCUT2D eigenvalue weighted by molar-refractivity contribution is 7.89. The molecule has 0 bridgehead atoms. The summed E-state index contributed by atoms with van der Waals surface area (Å²) in [5.41, 5.74) is -0.331. The summed E-state index contributed by atoms with van der Waals surface area (Å²) >= 11 is 5.70. The number of aromatic carboxylic acids is 1. The molecule has 0 aromatic heterocycles. The van der Waals surface area contributed by atoms with E-state index in [-0.39, 0.29) is 10.6 Å². The van der Waals surface area contributed by atoms with E-state index in [1.165, 1.54) is 0 Å². The van der Waals surface area contributed by atoms with Crippen molar-refractivity contribution in [1.29, 1.82) is 0 Å². The summed E-state index contributed by atoms with van der Waals surface area (Å²) in [5.74, 6) is -1.37. The molecule has 0 radical (unpaired) electrons. The Kier molecular flexibility index (Phi) is 5.24. The van der Waals surface area contributed by atoms with E-state index in [4.69, 9.17) is 16.7 Å². The first-order valence-electron chi connectivity index (χ1n) is 5.51. The number of alkyl halides is 3. The van der Waals surface area contributed by atoms with Gasteiger partial charge in [0.2, 0.25) is 10.0 Å². The van der Waals surface area contributed by atoms with Gasteiger partial charge in [0.25, 0.3) is 0 Å². The molecular weight excluding hydrogens is 335 g/mol. The highest BCUT2D eigenvalue weighted by Crippen LogP contribution is 2.27. The van der Waals surface area contributed by atoms with E-state index in [2.05, 4.69) is 0 Å². The van der Waals surface area contributed by atoms with Crippen molar-refractivity contribution in [2.24, 2.45) is 0 Å². The zero-order valence-corrected chi connectivity index (χ0v) is 12.3. The van der Waals surface area contributed by atoms with Crippen LogP contribution in [0.1, 0.15) is 16.8 Å². The molecule has 5 nitrogen and oxygen atoms in total. The fraction of sp³-hybridized carbons (Fsp3) is 0.364. The first-order valence-corrected chi connectivity index (χ1v) is 7.33. The van der Waals surface area contributed by atoms with Crippen molar-refractivity contribution >= 4 is 27.6 Å². The van der Waals surface area contributed by atoms with E-state index >= 15 is 0 Å². The van der Waals surface area contributed by atoms with Crippen molar-refractivity contribution < 1.29 is 31.5 Å². The Morgan fingerprint density at radius 3 is 2.43 bits per heavy atom. The van der Waals surface area contributed by atoms with Gasteiger partial charge in [0, 0.05) is 13.6 Å². The molecule has 0 aliphatic carbocycles. The molecule has 118 valence electrons. The minimum Gasteiger partial charge on any atom is -0.478 e. The van der Waals surface area contributed by atoms with Gasteiger partial charge in [0.15, 0.2) is 0 Å². The number of benzene rings is 1. The number of nitrogens with zero attached hydrogens (tertiary/aromatic N) is 1. The van der Waals surface area contributed by atoms with E-state index in [1.807, 2.05) is 0 Å². The molecular formula is C11H11ClF3NO4S. The van der Waals surface area contributed by atoms with Crippen LogP contribution >= 0.6 is 11.6 Å². The number of sulfonamides is 1. The molecule has 0 saturated heterocycles. The molecule has 0 spiro atoms. The van der Waals surface area contributed by atoms with Gasteiger partial charge in [-0.25, -0.2) is 17.5 Å². The number of carbonyl (C=O) groups is 1. The SMILES string of the molecule is CN(CCC(F)(F)F)S(=O)(=O)c1cc(C(=O)O)ccc1Cl. The molecule has 0 heterocycles. The summed E-state index contributed by atoms with van der Waals surface area (Å²) in [4.78, 5) is 10.3. The lowest BCUT2D eigenvalue weighted by molar-refractivity contribution is -0.135. The molecule has 0 amide bonds. The molecule has 0 atom stereocenters. The normalized spacial score (nSPS) is 12.7. The second kappa shape index (κ2) is 6.20. The van der Waals surface area contributed by atoms with Crippen LogP contribution < -0.4 is 0 Å². The molecule has 0 aliphatic heterocycles. The lowest BCUT2D eigenvalue weighted by atomic mass is 10.2. The van der Waals surface area contributed by atoms with Crippen LogP contribution in [-0.2, 0) is 10.0 Å². The quantitative estimate of drug-likeness (QED) is 0.890. The third-order valence-corrected chi connectivity index (χ3v) is 4.91. The Morgan fingerprint density at radius 2 is 1.95 bits per heavy atom. The van der Waals surface area contributed by atoms with Crippen molar-refractivity contribution in [2.45, 2.75) is 17.5 Å². The summed E-state index contributed by atoms with van der Waals surface area (Å²) in [6.45, 7) is -0.792. The Labute approximate surface area is 124 Å². The van der Waals surface area contributed by atoms with Crippen molar-refractivity contribution in [3.05, 3.63) is 28.8 Å². The zero-order chi connectivity index (χ0) is 16.4. The van der Waals surface area contributed by atoms with Crippen LogP contribution in [0.25, 0.3) is 0 Å². The number of hydrogen-bond acceptors (Lipinski definition) is 3. The van der Waals surface area contributed by atoms with Gasteiger partial charge >= 0.3 is 12.1 Å². The van der Waals surface area contributed by atoms with Crippen LogP contribution in [0.15, 0.2) is 23.1 Å². The van der Waals surface area contributed by atoms with Crippen LogP contribution in [0.4, 0.5) is 13.2 Å². The molecule has 0 aliphatic rings. The van der Waals surface area contributed by atoms with Gasteiger partial charge in [-0.15, -0.1) is 0 Å². The first-order chi connectivity index (χ1) is 9.45. The average molecular weight is 346 g/mol. The van der Waals surface area contributed by atoms with Gasteiger partial charge in [-0.3, -0.25) is 0 Å². The monoisotopic (exact) mass is 345 g/mol. The van der Waals surface area contributed by atoms with E-state index in [0.717, 1.165) is 25.2 Å². The predicted molar refractivity (Wildman–Crippen MR) is 68.9 cm³/mol. The minimum absolute atomic E-state index is 0.265. The average Bonchev–Trinajstić information content (AvgIpc) is 2.34. The van der Waals surface area contributed by atoms with E-state index < -0.39 is 40.0 Å². The van der Waals surface area contributed by atoms with Gasteiger partial charge < -0.3 is 5.11 Å². The molecule has 1 rings (SSSR count). The van der Waals surface area contributed by atoms with Gasteiger partial charge in [-0.1, -0.05) is 11.6 Å². The van der Waals surface area contributed by atoms with Crippen molar-refractivity contribution in [3.8, 4) is 0 Å². The Morgan fingerprint density at radius 1 is 1.38 bits per heavy atom. The number of carboxylic acids is 1. The van der Waals surface area contributed by atoms with Crippen molar-refractivity contribution in [1.82, 2.24) is 4.31 Å². The smallest absolute Gasteiger partial charge is 0.390 e. The van der Waals surface area contributed by atoms with Crippen LogP contribution in [0.2, 0.25) is 5.02 Å². The fourth-order valence-electron chi connectivity index (χ4n) is 1.41. The summed E-state index contributed by atoms with van der Waals surface area (Å²) in [6, 6.07) is 2.97. The molecule has 21 heavy (non-hydrogen) atoms. The minimum atomic E-state index is -4.50. The Hall–Kier alpha value is -1.32. The number of hydrogen-bond donors (Lipinski definition) is 1. The van der Waals surface area contributed by atoms with Crippen LogP contribution in [-0.4, -0.2) is 43.6 Å². The molecule has 1 N–H and O–H groups in total. The maximum absolute atomic E-state index is 12.1. The summed E-state index contributed by atoms with van der Waals surface area (Å²) in [6.07, 6.45) is -5.82. The standard InChI is InChI=1S/C11H11ClF3NO4S/c1-16(5-4-11(13,14)15)21(19,20)9-6-7(10(17)18)2-3-8(9)12/h2-3,6H,4-5H2,1H3,(H,17,18). The van der Waals surface area contributed by atoms with Crippen LogP contribution in [0.3, 0.4) is 0 Å². The number of carboxylic acid groups (broad SMARTS) is 1. The lowest BCUT2D eigenvalue weighted by Gasteiger charge is -2.19. The Balaban J connectivity index is 3.12. The van der Waals surface area contributed by atoms with Crippen LogP contribution in [0, 0.1) is 0 Å². The molecule has 1 aromatic rings. The lowest BCUT2D eigenvalue weighted by Crippen LogP contribution is -2.31. The van der Waals surface area contributed by atoms with E-state index in [9.17, 15) is 26.4 Å². The fourth-order valence-corrected chi connectivity index (χ4v) is 3.07. The second-order valence-corrected chi connectivity index (χ2v) is 6.56. The third kappa shape index (κ3) is 4.58.